The maximum atomic E-state index is 12.8. The quantitative estimate of drug-likeness (QED) is 0.683. The number of carbonyl (C=O) groups excluding carboxylic acids is 1. The molecule has 2 aromatic heterocycles. The van der Waals surface area contributed by atoms with Crippen LogP contribution < -0.4 is 10.1 Å². The number of pyridine rings is 1. The fourth-order valence-electron chi connectivity index (χ4n) is 3.41. The highest BCUT2D eigenvalue weighted by molar-refractivity contribution is 5.93. The maximum Gasteiger partial charge on any atom is 0.273 e. The molecule has 3 aromatic rings. The Labute approximate surface area is 162 Å². The number of ether oxygens (including phenoxy) is 1. The van der Waals surface area contributed by atoms with Crippen LogP contribution in [0.5, 0.6) is 5.88 Å². The number of amides is 1. The topological polar surface area (TPSA) is 97.5 Å². The van der Waals surface area contributed by atoms with Crippen molar-refractivity contribution in [3.63, 3.8) is 0 Å². The molecule has 144 valence electrons. The molecule has 0 radical (unpaired) electrons. The summed E-state index contributed by atoms with van der Waals surface area (Å²) in [5.41, 5.74) is 1.93. The van der Waals surface area contributed by atoms with Gasteiger partial charge in [-0.2, -0.15) is 0 Å². The van der Waals surface area contributed by atoms with E-state index in [9.17, 15) is 9.90 Å². The van der Waals surface area contributed by atoms with Crippen LogP contribution in [0.2, 0.25) is 0 Å². The van der Waals surface area contributed by atoms with Crippen molar-refractivity contribution in [1.29, 1.82) is 0 Å². The lowest BCUT2D eigenvalue weighted by Gasteiger charge is -2.38. The number of methoxy groups -OCH3 is 1. The second-order valence-electron chi connectivity index (χ2n) is 6.91. The number of aliphatic hydroxyl groups is 1. The number of rotatable bonds is 6. The number of aromatic nitrogens is 2. The number of aliphatic hydroxyl groups excluding tert-OH is 1. The van der Waals surface area contributed by atoms with E-state index in [1.807, 2.05) is 36.4 Å². The first kappa shape index (κ1) is 18.2. The highest BCUT2D eigenvalue weighted by atomic mass is 16.5. The third-order valence-corrected chi connectivity index (χ3v) is 5.04. The van der Waals surface area contributed by atoms with Gasteiger partial charge in [-0.25, -0.2) is 4.98 Å². The molecule has 1 aromatic carbocycles. The smallest absolute Gasteiger partial charge is 0.273 e. The van der Waals surface area contributed by atoms with Crippen LogP contribution in [-0.2, 0) is 0 Å². The zero-order valence-corrected chi connectivity index (χ0v) is 15.4. The molecule has 7 nitrogen and oxygen atoms in total. The number of nitrogens with zero attached hydrogens (tertiary/aromatic N) is 2. The van der Waals surface area contributed by atoms with E-state index >= 15 is 0 Å². The summed E-state index contributed by atoms with van der Waals surface area (Å²) < 4.78 is 10.4. The lowest BCUT2D eigenvalue weighted by molar-refractivity contribution is 0.0233. The third kappa shape index (κ3) is 3.75. The first-order valence-corrected chi connectivity index (χ1v) is 9.15. The van der Waals surface area contributed by atoms with Crippen LogP contribution >= 0.6 is 0 Å². The number of hydrogen-bond acceptors (Lipinski definition) is 6. The zero-order valence-electron chi connectivity index (χ0n) is 15.4. The molecule has 1 saturated carbocycles. The van der Waals surface area contributed by atoms with Gasteiger partial charge in [0.1, 0.15) is 0 Å². The lowest BCUT2D eigenvalue weighted by Crippen LogP contribution is -2.41. The number of nitrogens with one attached hydrogen (secondary N) is 1. The van der Waals surface area contributed by atoms with Crippen molar-refractivity contribution in [2.75, 3.05) is 7.11 Å². The molecule has 0 unspecified atom stereocenters. The molecule has 1 fully saturated rings. The average Bonchev–Trinajstić information content (AvgIpc) is 3.21. The fraction of sp³-hybridized carbons (Fsp3) is 0.286. The largest absolute Gasteiger partial charge is 0.481 e. The first-order chi connectivity index (χ1) is 13.6. The van der Waals surface area contributed by atoms with Gasteiger partial charge >= 0.3 is 0 Å². The highest BCUT2D eigenvalue weighted by Gasteiger charge is 2.36. The van der Waals surface area contributed by atoms with Crippen LogP contribution in [0.25, 0.3) is 11.3 Å². The highest BCUT2D eigenvalue weighted by Crippen LogP contribution is 2.38. The molecule has 4 rings (SSSR count). The molecule has 0 bridgehead atoms. The van der Waals surface area contributed by atoms with Gasteiger partial charge in [0, 0.05) is 23.9 Å². The lowest BCUT2D eigenvalue weighted by atomic mass is 9.75. The summed E-state index contributed by atoms with van der Waals surface area (Å²) in [5, 5.41) is 16.6. The Kier molecular flexibility index (Phi) is 5.08. The summed E-state index contributed by atoms with van der Waals surface area (Å²) in [6.07, 6.45) is 2.62. The van der Waals surface area contributed by atoms with Crippen LogP contribution in [0.3, 0.4) is 0 Å². The first-order valence-electron chi connectivity index (χ1n) is 9.15. The van der Waals surface area contributed by atoms with E-state index in [0.29, 0.717) is 24.5 Å². The molecular weight excluding hydrogens is 358 g/mol. The maximum absolute atomic E-state index is 12.8. The normalized spacial score (nSPS) is 19.5. The van der Waals surface area contributed by atoms with Gasteiger partial charge in [-0.15, -0.1) is 0 Å². The van der Waals surface area contributed by atoms with Gasteiger partial charge in [-0.05, 0) is 24.3 Å². The summed E-state index contributed by atoms with van der Waals surface area (Å²) in [4.78, 5) is 17.0. The van der Waals surface area contributed by atoms with Crippen LogP contribution in [-0.4, -0.2) is 34.4 Å². The molecule has 28 heavy (non-hydrogen) atoms. The van der Waals surface area contributed by atoms with Crippen LogP contribution in [0.1, 0.15) is 34.9 Å². The molecular formula is C21H21N3O4. The van der Waals surface area contributed by atoms with Crippen molar-refractivity contribution < 1.29 is 19.2 Å². The van der Waals surface area contributed by atoms with E-state index in [4.69, 9.17) is 9.26 Å². The van der Waals surface area contributed by atoms with Crippen molar-refractivity contribution in [1.82, 2.24) is 15.5 Å². The van der Waals surface area contributed by atoms with E-state index < -0.39 is 0 Å². The third-order valence-electron chi connectivity index (χ3n) is 5.04. The predicted molar refractivity (Wildman–Crippen MR) is 102 cm³/mol. The monoisotopic (exact) mass is 379 g/mol. The van der Waals surface area contributed by atoms with Crippen LogP contribution in [0, 0.1) is 5.92 Å². The minimum absolute atomic E-state index is 0.134. The molecule has 1 aliphatic rings. The van der Waals surface area contributed by atoms with Gasteiger partial charge in [-0.3, -0.25) is 4.79 Å². The zero-order chi connectivity index (χ0) is 19.5. The van der Waals surface area contributed by atoms with E-state index in [-0.39, 0.29) is 29.7 Å². The molecule has 2 heterocycles. The van der Waals surface area contributed by atoms with E-state index in [1.54, 1.807) is 25.4 Å². The van der Waals surface area contributed by atoms with Crippen molar-refractivity contribution in [3.8, 4) is 17.2 Å². The molecule has 0 spiro atoms. The van der Waals surface area contributed by atoms with Crippen molar-refractivity contribution >= 4 is 5.91 Å². The van der Waals surface area contributed by atoms with Crippen molar-refractivity contribution in [3.05, 3.63) is 66.0 Å². The Morgan fingerprint density at radius 2 is 2.04 bits per heavy atom. The second kappa shape index (κ2) is 7.82. The van der Waals surface area contributed by atoms with E-state index in [0.717, 1.165) is 11.1 Å². The summed E-state index contributed by atoms with van der Waals surface area (Å²) in [7, 11) is 1.55. The van der Waals surface area contributed by atoms with Crippen LogP contribution in [0.15, 0.2) is 59.3 Å². The molecule has 0 aliphatic heterocycles. The van der Waals surface area contributed by atoms with Gasteiger partial charge in [-0.1, -0.05) is 41.6 Å². The Bertz CT molecular complexity index is 934. The Morgan fingerprint density at radius 3 is 2.68 bits per heavy atom. The van der Waals surface area contributed by atoms with Crippen molar-refractivity contribution in [2.45, 2.75) is 25.0 Å². The number of carbonyl (C=O) groups is 1. The number of benzene rings is 1. The minimum atomic E-state index is -0.327. The summed E-state index contributed by atoms with van der Waals surface area (Å²) in [5.74, 6) is 0.849. The minimum Gasteiger partial charge on any atom is -0.481 e. The molecule has 0 saturated heterocycles. The average molecular weight is 379 g/mol. The molecule has 1 amide bonds. The molecule has 1 aliphatic carbocycles. The Balaban J connectivity index is 1.53. The molecule has 7 heteroatoms. The molecule has 1 atom stereocenters. The van der Waals surface area contributed by atoms with Crippen LogP contribution in [0.4, 0.5) is 0 Å². The van der Waals surface area contributed by atoms with Crippen molar-refractivity contribution in [2.24, 2.45) is 5.92 Å². The Hall–Kier alpha value is -3.19. The van der Waals surface area contributed by atoms with Gasteiger partial charge in [0.2, 0.25) is 5.88 Å². The SMILES string of the molecule is COc1ccc([C@@H](NC(=O)c2cc(-c3ccccc3)on2)C2CC(O)C2)cn1. The standard InChI is InChI=1S/C21H21N3O4/c1-27-19-8-7-14(12-22-19)20(15-9-16(25)10-15)23-21(26)17-11-18(28-24-17)13-5-3-2-4-6-13/h2-8,11-12,15-16,20,25H,9-10H2,1H3,(H,23,26)/t15?,16?,20-/m1/s1. The van der Waals surface area contributed by atoms with E-state index in [1.165, 1.54) is 0 Å². The Morgan fingerprint density at radius 1 is 1.25 bits per heavy atom. The summed E-state index contributed by atoms with van der Waals surface area (Å²) in [6.45, 7) is 0. The fourth-order valence-corrected chi connectivity index (χ4v) is 3.41. The summed E-state index contributed by atoms with van der Waals surface area (Å²) in [6, 6.07) is 14.5. The summed E-state index contributed by atoms with van der Waals surface area (Å²) >= 11 is 0. The van der Waals surface area contributed by atoms with Gasteiger partial charge in [0.25, 0.3) is 5.91 Å². The van der Waals surface area contributed by atoms with Gasteiger partial charge in [0.05, 0.1) is 19.3 Å². The van der Waals surface area contributed by atoms with Gasteiger partial charge < -0.3 is 19.7 Å². The predicted octanol–water partition coefficient (Wildman–Crippen LogP) is 2.99. The van der Waals surface area contributed by atoms with E-state index in [2.05, 4.69) is 15.5 Å². The molecule has 2 N–H and O–H groups in total. The second-order valence-corrected chi connectivity index (χ2v) is 6.91. The number of hydrogen-bond donors (Lipinski definition) is 2. The van der Waals surface area contributed by atoms with Gasteiger partial charge in [0.15, 0.2) is 11.5 Å².